The van der Waals surface area contributed by atoms with Crippen LogP contribution in [0.5, 0.6) is 0 Å². The second kappa shape index (κ2) is 11.2. The third-order valence-corrected chi connectivity index (χ3v) is 3.27. The lowest BCUT2D eigenvalue weighted by Crippen LogP contribution is -2.48. The molecule has 1 rings (SSSR count). The Morgan fingerprint density at radius 3 is 2.05 bits per heavy atom. The number of hydrogen-bond donors (Lipinski definition) is 0. The first-order valence-electron chi connectivity index (χ1n) is 7.31. The summed E-state index contributed by atoms with van der Waals surface area (Å²) < 4.78 is 15.7. The molecule has 0 unspecified atom stereocenters. The van der Waals surface area contributed by atoms with Crippen molar-refractivity contribution in [3.63, 3.8) is 0 Å². The van der Waals surface area contributed by atoms with Crippen LogP contribution in [0.1, 0.15) is 6.92 Å². The fraction of sp³-hybridized carbons (Fsp3) is 0.929. The summed E-state index contributed by atoms with van der Waals surface area (Å²) in [5.41, 5.74) is 0. The topological polar surface area (TPSA) is 51.2 Å². The lowest BCUT2D eigenvalue weighted by atomic mass is 10.3. The van der Waals surface area contributed by atoms with Crippen LogP contribution >= 0.6 is 0 Å². The van der Waals surface area contributed by atoms with E-state index in [1.54, 1.807) is 14.0 Å². The number of rotatable bonds is 11. The Morgan fingerprint density at radius 2 is 1.45 bits per heavy atom. The predicted molar refractivity (Wildman–Crippen MR) is 77.1 cm³/mol. The standard InChI is InChI=1S/C14H28N2O4/c1-14(17)13-16-5-3-15(4-6-16)7-8-19-11-12-20-10-9-18-2/h3-13H2,1-2H3. The highest BCUT2D eigenvalue weighted by Gasteiger charge is 2.16. The molecule has 0 aliphatic carbocycles. The zero-order chi connectivity index (χ0) is 14.6. The Bertz CT molecular complexity index is 256. The summed E-state index contributed by atoms with van der Waals surface area (Å²) in [5.74, 6) is 0.246. The summed E-state index contributed by atoms with van der Waals surface area (Å²) in [6.45, 7) is 10.4. The molecule has 1 saturated heterocycles. The second-order valence-electron chi connectivity index (χ2n) is 5.04. The predicted octanol–water partition coefficient (Wildman–Crippen LogP) is -0.127. The summed E-state index contributed by atoms with van der Waals surface area (Å²) in [5, 5.41) is 0. The van der Waals surface area contributed by atoms with Crippen molar-refractivity contribution in [3.8, 4) is 0 Å². The number of ether oxygens (including phenoxy) is 3. The van der Waals surface area contributed by atoms with Crippen LogP contribution < -0.4 is 0 Å². The van der Waals surface area contributed by atoms with Gasteiger partial charge in [-0.15, -0.1) is 0 Å². The van der Waals surface area contributed by atoms with Gasteiger partial charge in [0.25, 0.3) is 0 Å². The Hall–Kier alpha value is -0.530. The summed E-state index contributed by atoms with van der Waals surface area (Å²) >= 11 is 0. The van der Waals surface area contributed by atoms with Gasteiger partial charge in [0, 0.05) is 39.8 Å². The van der Waals surface area contributed by atoms with E-state index in [0.717, 1.165) is 39.3 Å². The van der Waals surface area contributed by atoms with E-state index in [-0.39, 0.29) is 5.78 Å². The number of nitrogens with zero attached hydrogens (tertiary/aromatic N) is 2. The van der Waals surface area contributed by atoms with Crippen LogP contribution in [-0.2, 0) is 19.0 Å². The minimum atomic E-state index is 0.246. The van der Waals surface area contributed by atoms with Crippen molar-refractivity contribution in [2.45, 2.75) is 6.92 Å². The van der Waals surface area contributed by atoms with Crippen LogP contribution in [0.3, 0.4) is 0 Å². The van der Waals surface area contributed by atoms with Crippen LogP contribution in [0.4, 0.5) is 0 Å². The molecule has 0 aromatic carbocycles. The van der Waals surface area contributed by atoms with E-state index in [9.17, 15) is 4.79 Å². The molecule has 1 fully saturated rings. The molecule has 118 valence electrons. The highest BCUT2D eigenvalue weighted by Crippen LogP contribution is 2.01. The summed E-state index contributed by atoms with van der Waals surface area (Å²) in [4.78, 5) is 15.6. The zero-order valence-corrected chi connectivity index (χ0v) is 12.8. The van der Waals surface area contributed by atoms with Gasteiger partial charge in [0.05, 0.1) is 39.6 Å². The van der Waals surface area contributed by atoms with Gasteiger partial charge in [0.2, 0.25) is 0 Å². The number of carbonyl (C=O) groups is 1. The van der Waals surface area contributed by atoms with Crippen LogP contribution in [-0.4, -0.2) is 95.0 Å². The van der Waals surface area contributed by atoms with Gasteiger partial charge in [0.1, 0.15) is 5.78 Å². The fourth-order valence-corrected chi connectivity index (χ4v) is 2.14. The average Bonchev–Trinajstić information content (AvgIpc) is 2.43. The molecule has 0 radical (unpaired) electrons. The Kier molecular flexibility index (Phi) is 9.78. The van der Waals surface area contributed by atoms with Crippen molar-refractivity contribution in [2.75, 3.05) is 79.4 Å². The van der Waals surface area contributed by atoms with Crippen LogP contribution in [0.2, 0.25) is 0 Å². The van der Waals surface area contributed by atoms with Crippen molar-refractivity contribution in [3.05, 3.63) is 0 Å². The quantitative estimate of drug-likeness (QED) is 0.494. The normalized spacial score (nSPS) is 17.5. The van der Waals surface area contributed by atoms with E-state index >= 15 is 0 Å². The maximum Gasteiger partial charge on any atom is 0.143 e. The second-order valence-corrected chi connectivity index (χ2v) is 5.04. The number of piperazine rings is 1. The molecule has 1 aliphatic rings. The lowest BCUT2D eigenvalue weighted by molar-refractivity contribution is -0.118. The minimum Gasteiger partial charge on any atom is -0.382 e. The molecular weight excluding hydrogens is 260 g/mol. The SMILES string of the molecule is COCCOCCOCCN1CCN(CC(C)=O)CC1. The summed E-state index contributed by atoms with van der Waals surface area (Å²) in [6.07, 6.45) is 0. The number of carbonyl (C=O) groups excluding carboxylic acids is 1. The molecule has 0 saturated carbocycles. The third kappa shape index (κ3) is 8.60. The third-order valence-electron chi connectivity index (χ3n) is 3.27. The monoisotopic (exact) mass is 288 g/mol. The van der Waals surface area contributed by atoms with Crippen molar-refractivity contribution >= 4 is 5.78 Å². The van der Waals surface area contributed by atoms with E-state index in [0.29, 0.717) is 33.0 Å². The molecular formula is C14H28N2O4. The molecule has 0 N–H and O–H groups in total. The first kappa shape index (κ1) is 17.5. The summed E-state index contributed by atoms with van der Waals surface area (Å²) in [6, 6.07) is 0. The molecule has 0 aromatic rings. The molecule has 0 spiro atoms. The van der Waals surface area contributed by atoms with E-state index < -0.39 is 0 Å². The van der Waals surface area contributed by atoms with Crippen molar-refractivity contribution in [2.24, 2.45) is 0 Å². The first-order chi connectivity index (χ1) is 9.72. The van der Waals surface area contributed by atoms with E-state index in [1.807, 2.05) is 0 Å². The number of hydrogen-bond acceptors (Lipinski definition) is 6. The van der Waals surface area contributed by atoms with Gasteiger partial charge in [-0.25, -0.2) is 0 Å². The molecule has 20 heavy (non-hydrogen) atoms. The van der Waals surface area contributed by atoms with Gasteiger partial charge in [-0.05, 0) is 6.92 Å². The molecule has 0 aromatic heterocycles. The largest absolute Gasteiger partial charge is 0.382 e. The average molecular weight is 288 g/mol. The van der Waals surface area contributed by atoms with Crippen molar-refractivity contribution in [1.29, 1.82) is 0 Å². The molecule has 0 amide bonds. The van der Waals surface area contributed by atoms with Gasteiger partial charge < -0.3 is 14.2 Å². The maximum absolute atomic E-state index is 11.0. The lowest BCUT2D eigenvalue weighted by Gasteiger charge is -2.33. The van der Waals surface area contributed by atoms with Gasteiger partial charge in [-0.3, -0.25) is 14.6 Å². The van der Waals surface area contributed by atoms with Crippen LogP contribution in [0.15, 0.2) is 0 Å². The molecule has 6 nitrogen and oxygen atoms in total. The van der Waals surface area contributed by atoms with Crippen molar-refractivity contribution < 1.29 is 19.0 Å². The van der Waals surface area contributed by atoms with Gasteiger partial charge in [-0.1, -0.05) is 0 Å². The molecule has 0 atom stereocenters. The Balaban J connectivity index is 1.90. The highest BCUT2D eigenvalue weighted by atomic mass is 16.5. The molecule has 0 bridgehead atoms. The number of Topliss-reactive ketones (excluding diaryl/α,β-unsaturated/α-hetero) is 1. The van der Waals surface area contributed by atoms with Gasteiger partial charge >= 0.3 is 0 Å². The van der Waals surface area contributed by atoms with E-state index in [1.165, 1.54) is 0 Å². The Morgan fingerprint density at radius 1 is 0.900 bits per heavy atom. The number of methoxy groups -OCH3 is 1. The Labute approximate surface area is 121 Å². The van der Waals surface area contributed by atoms with E-state index in [4.69, 9.17) is 14.2 Å². The van der Waals surface area contributed by atoms with Gasteiger partial charge in [-0.2, -0.15) is 0 Å². The van der Waals surface area contributed by atoms with Crippen molar-refractivity contribution in [1.82, 2.24) is 9.80 Å². The van der Waals surface area contributed by atoms with Gasteiger partial charge in [0.15, 0.2) is 0 Å². The molecule has 6 heteroatoms. The van der Waals surface area contributed by atoms with Crippen LogP contribution in [0.25, 0.3) is 0 Å². The maximum atomic E-state index is 11.0. The molecule has 1 heterocycles. The fourth-order valence-electron chi connectivity index (χ4n) is 2.14. The summed E-state index contributed by atoms with van der Waals surface area (Å²) in [7, 11) is 1.66. The highest BCUT2D eigenvalue weighted by molar-refractivity contribution is 5.77. The zero-order valence-electron chi connectivity index (χ0n) is 12.8. The smallest absolute Gasteiger partial charge is 0.143 e. The van der Waals surface area contributed by atoms with Crippen LogP contribution in [0, 0.1) is 0 Å². The minimum absolute atomic E-state index is 0.246. The number of ketones is 1. The van der Waals surface area contributed by atoms with E-state index in [2.05, 4.69) is 9.80 Å². The first-order valence-corrected chi connectivity index (χ1v) is 7.31. The molecule has 1 aliphatic heterocycles.